The Kier molecular flexibility index (Phi) is 5.45. The lowest BCUT2D eigenvalue weighted by atomic mass is 10.1. The maximum Gasteiger partial charge on any atom is 0.0815 e. The number of aromatic nitrogens is 2. The first kappa shape index (κ1) is 16.1. The fourth-order valence-corrected chi connectivity index (χ4v) is 3.39. The Bertz CT molecular complexity index is 577. The fourth-order valence-electron chi connectivity index (χ4n) is 2.71. The molecule has 4 heteroatoms. The number of rotatable bonds is 6. The molecule has 0 aliphatic rings. The second kappa shape index (κ2) is 7.12. The average Bonchev–Trinajstić information content (AvgIpc) is 2.87. The summed E-state index contributed by atoms with van der Waals surface area (Å²) in [6, 6.07) is 6.89. The van der Waals surface area contributed by atoms with E-state index >= 15 is 0 Å². The molecule has 0 unspecified atom stereocenters. The molecule has 2 rings (SSSR count). The van der Waals surface area contributed by atoms with Gasteiger partial charge in [0.15, 0.2) is 0 Å². The van der Waals surface area contributed by atoms with Gasteiger partial charge in [-0.15, -0.1) is 0 Å². The Hall–Kier alpha value is -1.29. The molecule has 0 bridgehead atoms. The van der Waals surface area contributed by atoms with Gasteiger partial charge in [0.25, 0.3) is 0 Å². The minimum atomic E-state index is 0.509. The third kappa shape index (κ3) is 3.88. The Morgan fingerprint density at radius 1 is 1.19 bits per heavy atom. The molecule has 1 aromatic carbocycles. The lowest BCUT2D eigenvalue weighted by Gasteiger charge is -2.14. The van der Waals surface area contributed by atoms with Crippen molar-refractivity contribution >= 4 is 21.6 Å². The van der Waals surface area contributed by atoms with Crippen molar-refractivity contribution in [1.82, 2.24) is 9.78 Å². The number of nitrogens with one attached hydrogen (secondary N) is 1. The summed E-state index contributed by atoms with van der Waals surface area (Å²) in [5.41, 5.74) is 4.79. The third-order valence-electron chi connectivity index (χ3n) is 3.92. The molecule has 0 saturated carbocycles. The summed E-state index contributed by atoms with van der Waals surface area (Å²) >= 11 is 3.53. The van der Waals surface area contributed by atoms with Crippen molar-refractivity contribution in [2.45, 2.75) is 53.1 Å². The van der Waals surface area contributed by atoms with E-state index < -0.39 is 0 Å². The SMILES string of the molecule is CCC(CC)n1ccc(CNc2c(C)cc(Br)cc2C)n1. The van der Waals surface area contributed by atoms with Gasteiger partial charge in [-0.25, -0.2) is 0 Å². The van der Waals surface area contributed by atoms with E-state index in [-0.39, 0.29) is 0 Å². The lowest BCUT2D eigenvalue weighted by Crippen LogP contribution is -2.09. The average molecular weight is 350 g/mol. The van der Waals surface area contributed by atoms with E-state index in [1.165, 1.54) is 16.8 Å². The third-order valence-corrected chi connectivity index (χ3v) is 4.38. The summed E-state index contributed by atoms with van der Waals surface area (Å²) < 4.78 is 3.22. The Labute approximate surface area is 135 Å². The number of anilines is 1. The van der Waals surface area contributed by atoms with E-state index in [1.54, 1.807) is 0 Å². The van der Waals surface area contributed by atoms with E-state index in [4.69, 9.17) is 0 Å². The van der Waals surface area contributed by atoms with Crippen LogP contribution in [0.25, 0.3) is 0 Å². The van der Waals surface area contributed by atoms with E-state index in [0.717, 1.165) is 29.6 Å². The highest BCUT2D eigenvalue weighted by Crippen LogP contribution is 2.25. The second-order valence-electron chi connectivity index (χ2n) is 5.53. The topological polar surface area (TPSA) is 29.9 Å². The Morgan fingerprint density at radius 3 is 2.38 bits per heavy atom. The number of benzene rings is 1. The van der Waals surface area contributed by atoms with E-state index in [1.807, 2.05) is 0 Å². The van der Waals surface area contributed by atoms with Crippen molar-refractivity contribution in [3.8, 4) is 0 Å². The second-order valence-corrected chi connectivity index (χ2v) is 6.44. The van der Waals surface area contributed by atoms with Gasteiger partial charge in [0.2, 0.25) is 0 Å². The molecule has 1 heterocycles. The molecule has 0 aliphatic carbocycles. The predicted octanol–water partition coefficient (Wildman–Crippen LogP) is 5.24. The molecule has 114 valence electrons. The Morgan fingerprint density at radius 2 is 1.81 bits per heavy atom. The standard InChI is InChI=1S/C17H24BrN3/c1-5-16(6-2)21-8-7-15(20-21)11-19-17-12(3)9-14(18)10-13(17)4/h7-10,16,19H,5-6,11H2,1-4H3. The summed E-state index contributed by atoms with van der Waals surface area (Å²) in [5, 5.41) is 8.21. The monoisotopic (exact) mass is 349 g/mol. The summed E-state index contributed by atoms with van der Waals surface area (Å²) in [4.78, 5) is 0. The maximum absolute atomic E-state index is 4.69. The first-order valence-electron chi connectivity index (χ1n) is 7.59. The number of hydrogen-bond acceptors (Lipinski definition) is 2. The summed E-state index contributed by atoms with van der Waals surface area (Å²) in [6.07, 6.45) is 4.34. The minimum Gasteiger partial charge on any atom is -0.379 e. The minimum absolute atomic E-state index is 0.509. The van der Waals surface area contributed by atoms with Crippen LogP contribution in [0.2, 0.25) is 0 Å². The number of aryl methyl sites for hydroxylation is 2. The van der Waals surface area contributed by atoms with Crippen molar-refractivity contribution in [3.05, 3.63) is 45.7 Å². The first-order chi connectivity index (χ1) is 10.0. The first-order valence-corrected chi connectivity index (χ1v) is 8.39. The van der Waals surface area contributed by atoms with Gasteiger partial charge < -0.3 is 5.32 Å². The summed E-state index contributed by atoms with van der Waals surface area (Å²) in [5.74, 6) is 0. The fraction of sp³-hybridized carbons (Fsp3) is 0.471. The summed E-state index contributed by atoms with van der Waals surface area (Å²) in [7, 11) is 0. The lowest BCUT2D eigenvalue weighted by molar-refractivity contribution is 0.426. The van der Waals surface area contributed by atoms with Gasteiger partial charge in [0.05, 0.1) is 18.3 Å². The molecule has 21 heavy (non-hydrogen) atoms. The van der Waals surface area contributed by atoms with Crippen LogP contribution in [0.1, 0.15) is 49.6 Å². The molecular formula is C17H24BrN3. The van der Waals surface area contributed by atoms with Crippen molar-refractivity contribution in [2.24, 2.45) is 0 Å². The van der Waals surface area contributed by atoms with Crippen LogP contribution in [0, 0.1) is 13.8 Å². The molecule has 0 saturated heterocycles. The zero-order valence-electron chi connectivity index (χ0n) is 13.3. The van der Waals surface area contributed by atoms with Crippen LogP contribution < -0.4 is 5.32 Å². The molecule has 1 aromatic heterocycles. The smallest absolute Gasteiger partial charge is 0.0815 e. The van der Waals surface area contributed by atoms with Crippen LogP contribution in [0.3, 0.4) is 0 Å². The zero-order valence-corrected chi connectivity index (χ0v) is 14.9. The van der Waals surface area contributed by atoms with Crippen LogP contribution in [0.15, 0.2) is 28.9 Å². The van der Waals surface area contributed by atoms with E-state index in [2.05, 4.69) is 83.1 Å². The highest BCUT2D eigenvalue weighted by molar-refractivity contribution is 9.10. The number of halogens is 1. The van der Waals surface area contributed by atoms with Gasteiger partial charge in [-0.2, -0.15) is 5.10 Å². The molecule has 1 N–H and O–H groups in total. The van der Waals surface area contributed by atoms with Crippen LogP contribution in [-0.4, -0.2) is 9.78 Å². The van der Waals surface area contributed by atoms with E-state index in [0.29, 0.717) is 6.04 Å². The molecule has 0 spiro atoms. The molecule has 0 aliphatic heterocycles. The highest BCUT2D eigenvalue weighted by Gasteiger charge is 2.09. The molecule has 3 nitrogen and oxygen atoms in total. The summed E-state index contributed by atoms with van der Waals surface area (Å²) in [6.45, 7) is 9.44. The van der Waals surface area contributed by atoms with Crippen LogP contribution in [-0.2, 0) is 6.54 Å². The quantitative estimate of drug-likeness (QED) is 0.773. The largest absolute Gasteiger partial charge is 0.379 e. The highest BCUT2D eigenvalue weighted by atomic mass is 79.9. The maximum atomic E-state index is 4.69. The number of hydrogen-bond donors (Lipinski definition) is 1. The molecule has 0 radical (unpaired) electrons. The molecule has 0 fully saturated rings. The molecule has 2 aromatic rings. The van der Waals surface area contributed by atoms with Crippen LogP contribution >= 0.6 is 15.9 Å². The van der Waals surface area contributed by atoms with Gasteiger partial charge >= 0.3 is 0 Å². The van der Waals surface area contributed by atoms with Gasteiger partial charge in [-0.05, 0) is 56.0 Å². The zero-order chi connectivity index (χ0) is 15.4. The van der Waals surface area contributed by atoms with Crippen molar-refractivity contribution in [3.63, 3.8) is 0 Å². The normalized spacial score (nSPS) is 11.1. The van der Waals surface area contributed by atoms with E-state index in [9.17, 15) is 0 Å². The van der Waals surface area contributed by atoms with Gasteiger partial charge in [-0.3, -0.25) is 4.68 Å². The van der Waals surface area contributed by atoms with Gasteiger partial charge in [-0.1, -0.05) is 29.8 Å². The Balaban J connectivity index is 2.07. The van der Waals surface area contributed by atoms with Crippen LogP contribution in [0.5, 0.6) is 0 Å². The molecule has 0 atom stereocenters. The van der Waals surface area contributed by atoms with Crippen molar-refractivity contribution in [2.75, 3.05) is 5.32 Å². The predicted molar refractivity (Wildman–Crippen MR) is 92.8 cm³/mol. The van der Waals surface area contributed by atoms with Crippen molar-refractivity contribution in [1.29, 1.82) is 0 Å². The van der Waals surface area contributed by atoms with Crippen LogP contribution in [0.4, 0.5) is 5.69 Å². The van der Waals surface area contributed by atoms with Gasteiger partial charge in [0, 0.05) is 16.4 Å². The van der Waals surface area contributed by atoms with Crippen molar-refractivity contribution < 1.29 is 0 Å². The number of nitrogens with zero attached hydrogens (tertiary/aromatic N) is 2. The van der Waals surface area contributed by atoms with Gasteiger partial charge in [0.1, 0.15) is 0 Å². The molecular weight excluding hydrogens is 326 g/mol. The molecule has 0 amide bonds.